The molecule has 2 rings (SSSR count). The molecular formula is C14H19N3O3. The molecule has 0 spiro atoms. The van der Waals surface area contributed by atoms with Gasteiger partial charge in [-0.1, -0.05) is 11.6 Å². The van der Waals surface area contributed by atoms with Crippen molar-refractivity contribution < 1.29 is 9.66 Å². The fourth-order valence-electron chi connectivity index (χ4n) is 2.19. The number of nitrogens with zero attached hydrogens (tertiary/aromatic N) is 1. The van der Waals surface area contributed by atoms with Crippen molar-refractivity contribution in [2.45, 2.75) is 12.8 Å². The second kappa shape index (κ2) is 6.91. The smallest absolute Gasteiger partial charge is 0.296 e. The summed E-state index contributed by atoms with van der Waals surface area (Å²) in [5.74, 6) is 0.489. The zero-order chi connectivity index (χ0) is 14.4. The van der Waals surface area contributed by atoms with Gasteiger partial charge in [-0.05, 0) is 31.5 Å². The van der Waals surface area contributed by atoms with Gasteiger partial charge in [0.25, 0.3) is 5.69 Å². The lowest BCUT2D eigenvalue weighted by Crippen LogP contribution is -2.21. The Morgan fingerprint density at radius 3 is 3.00 bits per heavy atom. The molecule has 1 aromatic carbocycles. The molecule has 0 saturated carbocycles. The van der Waals surface area contributed by atoms with Crippen LogP contribution in [0.1, 0.15) is 12.8 Å². The Kier molecular flexibility index (Phi) is 4.95. The van der Waals surface area contributed by atoms with Gasteiger partial charge >= 0.3 is 0 Å². The zero-order valence-electron chi connectivity index (χ0n) is 11.5. The standard InChI is InChI=1S/C14H19N3O3/c1-20-12-2-3-13(14(10-12)17(18)19)16-9-6-11-4-7-15-8-5-11/h2-4,10,15-16H,5-9H2,1H3. The van der Waals surface area contributed by atoms with E-state index < -0.39 is 4.92 Å². The molecule has 6 nitrogen and oxygen atoms in total. The third kappa shape index (κ3) is 3.71. The van der Waals surface area contributed by atoms with Crippen LogP contribution in [0.25, 0.3) is 0 Å². The lowest BCUT2D eigenvalue weighted by atomic mass is 10.1. The highest BCUT2D eigenvalue weighted by atomic mass is 16.6. The van der Waals surface area contributed by atoms with Crippen LogP contribution in [-0.2, 0) is 0 Å². The van der Waals surface area contributed by atoms with E-state index >= 15 is 0 Å². The Morgan fingerprint density at radius 2 is 2.35 bits per heavy atom. The first-order valence-electron chi connectivity index (χ1n) is 6.65. The third-order valence-electron chi connectivity index (χ3n) is 3.32. The first-order valence-corrected chi connectivity index (χ1v) is 6.65. The van der Waals surface area contributed by atoms with Crippen molar-refractivity contribution in [2.75, 3.05) is 32.1 Å². The Bertz CT molecular complexity index is 514. The van der Waals surface area contributed by atoms with E-state index in [0.29, 0.717) is 18.0 Å². The minimum absolute atomic E-state index is 0.0450. The Labute approximate surface area is 118 Å². The van der Waals surface area contributed by atoms with Crippen LogP contribution >= 0.6 is 0 Å². The second-order valence-corrected chi connectivity index (χ2v) is 4.63. The Balaban J connectivity index is 1.98. The first-order chi connectivity index (χ1) is 9.70. The minimum atomic E-state index is -0.394. The molecule has 6 heteroatoms. The van der Waals surface area contributed by atoms with Crippen molar-refractivity contribution in [1.82, 2.24) is 5.32 Å². The molecule has 0 aliphatic carbocycles. The van der Waals surface area contributed by atoms with Crippen LogP contribution < -0.4 is 15.4 Å². The molecule has 0 fully saturated rings. The van der Waals surface area contributed by atoms with Gasteiger partial charge in [-0.15, -0.1) is 0 Å². The molecule has 0 atom stereocenters. The third-order valence-corrected chi connectivity index (χ3v) is 3.32. The van der Waals surface area contributed by atoms with E-state index in [1.165, 1.54) is 18.7 Å². The number of hydrogen-bond donors (Lipinski definition) is 2. The van der Waals surface area contributed by atoms with Gasteiger partial charge in [0.15, 0.2) is 0 Å². The Hall–Kier alpha value is -2.08. The summed E-state index contributed by atoms with van der Waals surface area (Å²) in [7, 11) is 1.50. The number of anilines is 1. The van der Waals surface area contributed by atoms with Gasteiger partial charge in [0, 0.05) is 13.1 Å². The van der Waals surface area contributed by atoms with Crippen molar-refractivity contribution in [3.8, 4) is 5.75 Å². The summed E-state index contributed by atoms with van der Waals surface area (Å²) in [5.41, 5.74) is 1.97. The molecule has 108 valence electrons. The minimum Gasteiger partial charge on any atom is -0.496 e. The molecule has 2 N–H and O–H groups in total. The summed E-state index contributed by atoms with van der Waals surface area (Å²) in [5, 5.41) is 17.4. The van der Waals surface area contributed by atoms with Gasteiger partial charge in [0.1, 0.15) is 11.4 Å². The van der Waals surface area contributed by atoms with Gasteiger partial charge in [-0.2, -0.15) is 0 Å². The Morgan fingerprint density at radius 1 is 1.50 bits per heavy atom. The van der Waals surface area contributed by atoms with Gasteiger partial charge in [-0.25, -0.2) is 0 Å². The van der Waals surface area contributed by atoms with Crippen molar-refractivity contribution in [3.05, 3.63) is 40.0 Å². The maximum absolute atomic E-state index is 11.0. The van der Waals surface area contributed by atoms with Crippen LogP contribution in [0.15, 0.2) is 29.8 Å². The number of methoxy groups -OCH3 is 1. The van der Waals surface area contributed by atoms with E-state index in [4.69, 9.17) is 4.74 Å². The number of benzene rings is 1. The van der Waals surface area contributed by atoms with E-state index in [2.05, 4.69) is 16.7 Å². The first kappa shape index (κ1) is 14.3. The quantitative estimate of drug-likeness (QED) is 0.474. The molecule has 1 heterocycles. The maximum atomic E-state index is 11.0. The van der Waals surface area contributed by atoms with Crippen LogP contribution in [0.4, 0.5) is 11.4 Å². The van der Waals surface area contributed by atoms with Crippen LogP contribution in [-0.4, -0.2) is 31.7 Å². The number of nitro benzene ring substituents is 1. The predicted molar refractivity (Wildman–Crippen MR) is 78.3 cm³/mol. The molecule has 0 saturated heterocycles. The summed E-state index contributed by atoms with van der Waals surface area (Å²) in [6, 6.07) is 4.85. The number of ether oxygens (including phenoxy) is 1. The summed E-state index contributed by atoms with van der Waals surface area (Å²) >= 11 is 0. The van der Waals surface area contributed by atoms with E-state index in [9.17, 15) is 10.1 Å². The average molecular weight is 277 g/mol. The maximum Gasteiger partial charge on any atom is 0.296 e. The number of nitrogens with one attached hydrogen (secondary N) is 2. The second-order valence-electron chi connectivity index (χ2n) is 4.63. The van der Waals surface area contributed by atoms with Crippen molar-refractivity contribution in [1.29, 1.82) is 0 Å². The number of hydrogen-bond acceptors (Lipinski definition) is 5. The number of rotatable bonds is 6. The SMILES string of the molecule is COc1ccc(NCCC2=CCNCC2)c([N+](=O)[O-])c1. The molecular weight excluding hydrogens is 258 g/mol. The van der Waals surface area contributed by atoms with E-state index in [0.717, 1.165) is 25.9 Å². The van der Waals surface area contributed by atoms with E-state index in [1.54, 1.807) is 12.1 Å². The molecule has 0 aromatic heterocycles. The average Bonchev–Trinajstić information content (AvgIpc) is 2.48. The van der Waals surface area contributed by atoms with Crippen molar-refractivity contribution >= 4 is 11.4 Å². The molecule has 1 aliphatic heterocycles. The molecule has 20 heavy (non-hydrogen) atoms. The molecule has 0 bridgehead atoms. The molecule has 0 radical (unpaired) electrons. The van der Waals surface area contributed by atoms with E-state index in [-0.39, 0.29) is 5.69 Å². The molecule has 0 amide bonds. The topological polar surface area (TPSA) is 76.4 Å². The van der Waals surface area contributed by atoms with Gasteiger partial charge in [0.05, 0.1) is 18.1 Å². The van der Waals surface area contributed by atoms with Crippen LogP contribution in [0.3, 0.4) is 0 Å². The highest BCUT2D eigenvalue weighted by molar-refractivity contribution is 5.63. The monoisotopic (exact) mass is 277 g/mol. The highest BCUT2D eigenvalue weighted by Crippen LogP contribution is 2.29. The molecule has 1 aromatic rings. The van der Waals surface area contributed by atoms with Crippen molar-refractivity contribution in [2.24, 2.45) is 0 Å². The lowest BCUT2D eigenvalue weighted by molar-refractivity contribution is -0.384. The van der Waals surface area contributed by atoms with Crippen LogP contribution in [0.2, 0.25) is 0 Å². The largest absolute Gasteiger partial charge is 0.496 e. The van der Waals surface area contributed by atoms with Gasteiger partial charge in [0.2, 0.25) is 0 Å². The number of nitro groups is 1. The fourth-order valence-corrected chi connectivity index (χ4v) is 2.19. The summed E-state index contributed by atoms with van der Waals surface area (Å²) in [6.45, 7) is 2.62. The fraction of sp³-hybridized carbons (Fsp3) is 0.429. The van der Waals surface area contributed by atoms with E-state index in [1.807, 2.05) is 0 Å². The van der Waals surface area contributed by atoms with Crippen molar-refractivity contribution in [3.63, 3.8) is 0 Å². The summed E-state index contributed by atoms with van der Waals surface area (Å²) < 4.78 is 5.01. The van der Waals surface area contributed by atoms with Gasteiger partial charge < -0.3 is 15.4 Å². The van der Waals surface area contributed by atoms with Crippen LogP contribution in [0.5, 0.6) is 5.75 Å². The summed E-state index contributed by atoms with van der Waals surface area (Å²) in [4.78, 5) is 10.7. The molecule has 1 aliphatic rings. The molecule has 0 unspecified atom stereocenters. The lowest BCUT2D eigenvalue weighted by Gasteiger charge is -2.14. The van der Waals surface area contributed by atoms with Crippen LogP contribution in [0, 0.1) is 10.1 Å². The highest BCUT2D eigenvalue weighted by Gasteiger charge is 2.14. The summed E-state index contributed by atoms with van der Waals surface area (Å²) in [6.07, 6.45) is 4.14. The normalized spacial score (nSPS) is 14.6. The zero-order valence-corrected chi connectivity index (χ0v) is 11.5. The predicted octanol–water partition coefficient (Wildman–Crippen LogP) is 2.33. The van der Waals surface area contributed by atoms with Gasteiger partial charge in [-0.3, -0.25) is 10.1 Å².